The molecule has 7 heteroatoms. The number of anilines is 2. The number of pyridine rings is 2. The Morgan fingerprint density at radius 2 is 1.93 bits per heavy atom. The molecule has 7 nitrogen and oxygen atoms in total. The first-order valence-corrected chi connectivity index (χ1v) is 8.73. The van der Waals surface area contributed by atoms with E-state index in [1.165, 1.54) is 10.8 Å². The van der Waals surface area contributed by atoms with Crippen molar-refractivity contribution in [3.05, 3.63) is 94.7 Å². The molecule has 0 spiro atoms. The second kappa shape index (κ2) is 7.79. The van der Waals surface area contributed by atoms with E-state index in [0.29, 0.717) is 23.7 Å². The summed E-state index contributed by atoms with van der Waals surface area (Å²) in [6, 6.07) is 16.9. The summed E-state index contributed by atoms with van der Waals surface area (Å²) in [5, 5.41) is 2.97. The minimum absolute atomic E-state index is 0.278. The van der Waals surface area contributed by atoms with Gasteiger partial charge in [-0.2, -0.15) is 4.73 Å². The molecule has 0 atom stereocenters. The van der Waals surface area contributed by atoms with Crippen molar-refractivity contribution in [2.75, 3.05) is 5.32 Å². The lowest BCUT2D eigenvalue weighted by Crippen LogP contribution is -2.25. The average Bonchev–Trinajstić information content (AvgIpc) is 3.17. The first kappa shape index (κ1) is 17.5. The first-order chi connectivity index (χ1) is 13.7. The minimum Gasteiger partial charge on any atom is -0.422 e. The molecule has 140 valence electrons. The molecule has 3 heterocycles. The molecule has 4 aromatic rings. The SMILES string of the molecule is Cc1ccc(-c2cnc(Nc3ccn(OCc4ccccc4)c(=O)c3)o2)nc1. The third kappa shape index (κ3) is 4.09. The van der Waals surface area contributed by atoms with Gasteiger partial charge in [0.15, 0.2) is 5.76 Å². The van der Waals surface area contributed by atoms with Gasteiger partial charge >= 0.3 is 0 Å². The molecule has 1 aromatic carbocycles. The highest BCUT2D eigenvalue weighted by Crippen LogP contribution is 2.22. The van der Waals surface area contributed by atoms with E-state index >= 15 is 0 Å². The molecule has 4 rings (SSSR count). The molecule has 0 unspecified atom stereocenters. The van der Waals surface area contributed by atoms with Gasteiger partial charge in [0.2, 0.25) is 0 Å². The Labute approximate surface area is 161 Å². The number of hydrogen-bond acceptors (Lipinski definition) is 6. The number of hydrogen-bond donors (Lipinski definition) is 1. The van der Waals surface area contributed by atoms with Gasteiger partial charge in [0.05, 0.1) is 6.20 Å². The number of nitrogens with zero attached hydrogens (tertiary/aromatic N) is 3. The van der Waals surface area contributed by atoms with Crippen molar-refractivity contribution in [2.45, 2.75) is 13.5 Å². The summed E-state index contributed by atoms with van der Waals surface area (Å²) in [4.78, 5) is 26.3. The van der Waals surface area contributed by atoms with Crippen LogP contribution in [0, 0.1) is 6.92 Å². The zero-order chi connectivity index (χ0) is 19.3. The van der Waals surface area contributed by atoms with Crippen molar-refractivity contribution < 1.29 is 9.25 Å². The fraction of sp³-hybridized carbons (Fsp3) is 0.0952. The lowest BCUT2D eigenvalue weighted by atomic mass is 10.2. The van der Waals surface area contributed by atoms with Gasteiger partial charge in [-0.15, -0.1) is 0 Å². The van der Waals surface area contributed by atoms with Gasteiger partial charge in [-0.3, -0.25) is 9.78 Å². The first-order valence-electron chi connectivity index (χ1n) is 8.73. The van der Waals surface area contributed by atoms with Crippen molar-refractivity contribution in [2.24, 2.45) is 0 Å². The van der Waals surface area contributed by atoms with Crippen LogP contribution in [0.4, 0.5) is 11.7 Å². The van der Waals surface area contributed by atoms with Gasteiger partial charge in [-0.25, -0.2) is 4.98 Å². The Hall–Kier alpha value is -3.87. The third-order valence-electron chi connectivity index (χ3n) is 4.02. The van der Waals surface area contributed by atoms with Crippen LogP contribution in [0.3, 0.4) is 0 Å². The van der Waals surface area contributed by atoms with E-state index in [2.05, 4.69) is 15.3 Å². The van der Waals surface area contributed by atoms with E-state index in [1.54, 1.807) is 24.7 Å². The highest BCUT2D eigenvalue weighted by molar-refractivity contribution is 5.56. The van der Waals surface area contributed by atoms with Crippen molar-refractivity contribution in [3.8, 4) is 11.5 Å². The van der Waals surface area contributed by atoms with Crippen molar-refractivity contribution in [1.29, 1.82) is 0 Å². The third-order valence-corrected chi connectivity index (χ3v) is 4.02. The van der Waals surface area contributed by atoms with Crippen LogP contribution in [0.15, 0.2) is 82.4 Å². The molecule has 28 heavy (non-hydrogen) atoms. The molecule has 0 saturated heterocycles. The molecule has 0 aliphatic rings. The summed E-state index contributed by atoms with van der Waals surface area (Å²) < 4.78 is 6.85. The second-order valence-corrected chi connectivity index (χ2v) is 6.21. The number of aryl methyl sites for hydroxylation is 1. The Bertz CT molecular complexity index is 1120. The summed E-state index contributed by atoms with van der Waals surface area (Å²) in [5.41, 5.74) is 2.99. The fourth-order valence-electron chi connectivity index (χ4n) is 2.56. The van der Waals surface area contributed by atoms with Gasteiger partial charge in [0.1, 0.15) is 12.3 Å². The average molecular weight is 374 g/mol. The van der Waals surface area contributed by atoms with E-state index in [1.807, 2.05) is 49.4 Å². The molecule has 1 N–H and O–H groups in total. The minimum atomic E-state index is -0.298. The standard InChI is InChI=1S/C21H18N4O3/c1-15-7-8-18(22-12-15)19-13-23-21(28-19)24-17-9-10-25(20(26)11-17)27-14-16-5-3-2-4-6-16/h2-13H,14H2,1H3,(H,23,24). The zero-order valence-electron chi connectivity index (χ0n) is 15.2. The maximum Gasteiger partial charge on any atom is 0.299 e. The van der Waals surface area contributed by atoms with Gasteiger partial charge < -0.3 is 14.6 Å². The zero-order valence-corrected chi connectivity index (χ0v) is 15.2. The molecule has 0 radical (unpaired) electrons. The predicted octanol–water partition coefficient (Wildman–Crippen LogP) is 3.58. The van der Waals surface area contributed by atoms with E-state index < -0.39 is 0 Å². The van der Waals surface area contributed by atoms with Crippen LogP contribution >= 0.6 is 0 Å². The fourth-order valence-corrected chi connectivity index (χ4v) is 2.56. The Balaban J connectivity index is 1.43. The second-order valence-electron chi connectivity index (χ2n) is 6.21. The van der Waals surface area contributed by atoms with Crippen molar-refractivity contribution in [3.63, 3.8) is 0 Å². The molecule has 0 saturated carbocycles. The monoisotopic (exact) mass is 374 g/mol. The topological polar surface area (TPSA) is 82.2 Å². The number of oxazole rings is 1. The van der Waals surface area contributed by atoms with E-state index in [4.69, 9.17) is 9.25 Å². The van der Waals surface area contributed by atoms with E-state index in [-0.39, 0.29) is 11.6 Å². The van der Waals surface area contributed by atoms with E-state index in [0.717, 1.165) is 11.1 Å². The van der Waals surface area contributed by atoms with Crippen LogP contribution in [0.5, 0.6) is 0 Å². The van der Waals surface area contributed by atoms with Crippen LogP contribution in [0.25, 0.3) is 11.5 Å². The maximum atomic E-state index is 12.2. The Morgan fingerprint density at radius 3 is 2.68 bits per heavy atom. The van der Waals surface area contributed by atoms with E-state index in [9.17, 15) is 4.79 Å². The Morgan fingerprint density at radius 1 is 1.07 bits per heavy atom. The van der Waals surface area contributed by atoms with Crippen LogP contribution < -0.4 is 15.7 Å². The molecule has 0 amide bonds. The predicted molar refractivity (Wildman–Crippen MR) is 105 cm³/mol. The van der Waals surface area contributed by atoms with Crippen LogP contribution in [-0.4, -0.2) is 14.7 Å². The molecule has 0 fully saturated rings. The quantitative estimate of drug-likeness (QED) is 0.555. The molecule has 3 aromatic heterocycles. The summed E-state index contributed by atoms with van der Waals surface area (Å²) in [6.45, 7) is 2.27. The Kier molecular flexibility index (Phi) is 4.88. The van der Waals surface area contributed by atoms with Crippen LogP contribution in [0.2, 0.25) is 0 Å². The number of aromatic nitrogens is 3. The molecule has 0 aliphatic carbocycles. The van der Waals surface area contributed by atoms with Crippen LogP contribution in [0.1, 0.15) is 11.1 Å². The number of nitrogens with one attached hydrogen (secondary N) is 1. The highest BCUT2D eigenvalue weighted by atomic mass is 16.7. The lowest BCUT2D eigenvalue weighted by Gasteiger charge is -2.09. The summed E-state index contributed by atoms with van der Waals surface area (Å²) in [7, 11) is 0. The van der Waals surface area contributed by atoms with Crippen molar-refractivity contribution in [1.82, 2.24) is 14.7 Å². The lowest BCUT2D eigenvalue weighted by molar-refractivity contribution is 0.0892. The maximum absolute atomic E-state index is 12.2. The van der Waals surface area contributed by atoms with Gasteiger partial charge in [0.25, 0.3) is 11.6 Å². The molecular weight excluding hydrogens is 356 g/mol. The number of rotatable bonds is 6. The number of benzene rings is 1. The van der Waals surface area contributed by atoms with Crippen LogP contribution in [-0.2, 0) is 6.61 Å². The molecular formula is C21H18N4O3. The van der Waals surface area contributed by atoms with Gasteiger partial charge in [0, 0.05) is 24.1 Å². The van der Waals surface area contributed by atoms with Gasteiger partial charge in [-0.1, -0.05) is 36.4 Å². The van der Waals surface area contributed by atoms with Crippen molar-refractivity contribution >= 4 is 11.7 Å². The van der Waals surface area contributed by atoms with Gasteiger partial charge in [-0.05, 0) is 30.2 Å². The summed E-state index contributed by atoms with van der Waals surface area (Å²) >= 11 is 0. The summed E-state index contributed by atoms with van der Waals surface area (Å²) in [5.74, 6) is 0.544. The summed E-state index contributed by atoms with van der Waals surface area (Å²) in [6.07, 6.45) is 4.91. The normalized spacial score (nSPS) is 10.6. The molecule has 0 aliphatic heterocycles. The largest absolute Gasteiger partial charge is 0.422 e. The molecule has 0 bridgehead atoms. The highest BCUT2D eigenvalue weighted by Gasteiger charge is 2.08. The smallest absolute Gasteiger partial charge is 0.299 e.